The Morgan fingerprint density at radius 1 is 0.855 bits per heavy atom. The van der Waals surface area contributed by atoms with E-state index in [9.17, 15) is 19.2 Å². The number of nitrogens with two attached hydrogens (primary N) is 1. The van der Waals surface area contributed by atoms with Crippen LogP contribution in [0.15, 0.2) is 121 Å². The molecule has 55 heavy (non-hydrogen) atoms. The maximum absolute atomic E-state index is 14.0. The highest BCUT2D eigenvalue weighted by Gasteiger charge is 2.31. The van der Waals surface area contributed by atoms with Crippen molar-refractivity contribution in [1.82, 2.24) is 15.2 Å². The van der Waals surface area contributed by atoms with E-state index in [-0.39, 0.29) is 31.3 Å². The average molecular weight is 742 g/mol. The van der Waals surface area contributed by atoms with Crippen molar-refractivity contribution in [2.45, 2.75) is 57.3 Å². The Labute approximate surface area is 320 Å². The molecular weight excluding hydrogens is 695 g/mol. The SMILES string of the molecule is C=CCn1c(=O)cc(C)c2ccc(NC(=O)[C@H](CCCCN)NC(=O)[C@H](COCc3ccccc3)NC(=O)OCC3c4ccccc4-c4ccccc43)cc21. The second-order valence-corrected chi connectivity index (χ2v) is 13.7. The third-order valence-electron chi connectivity index (χ3n) is 9.83. The number of benzene rings is 4. The number of nitrogens with one attached hydrogen (secondary N) is 3. The van der Waals surface area contributed by atoms with Crippen LogP contribution < -0.4 is 27.2 Å². The minimum atomic E-state index is -1.18. The van der Waals surface area contributed by atoms with Crippen LogP contribution in [0.2, 0.25) is 0 Å². The van der Waals surface area contributed by atoms with E-state index in [1.54, 1.807) is 28.8 Å². The average Bonchev–Trinajstić information content (AvgIpc) is 3.51. The van der Waals surface area contributed by atoms with Crippen LogP contribution in [-0.2, 0) is 32.2 Å². The molecule has 0 spiro atoms. The van der Waals surface area contributed by atoms with Gasteiger partial charge in [-0.05, 0) is 78.2 Å². The van der Waals surface area contributed by atoms with Crippen LogP contribution in [0.4, 0.5) is 10.5 Å². The predicted molar refractivity (Wildman–Crippen MR) is 215 cm³/mol. The molecule has 5 N–H and O–H groups in total. The van der Waals surface area contributed by atoms with Gasteiger partial charge in [0.25, 0.3) is 5.56 Å². The summed E-state index contributed by atoms with van der Waals surface area (Å²) in [4.78, 5) is 54.0. The van der Waals surface area contributed by atoms with Gasteiger partial charge in [0, 0.05) is 29.6 Å². The quantitative estimate of drug-likeness (QED) is 0.0657. The summed E-state index contributed by atoms with van der Waals surface area (Å²) in [6, 6.07) is 30.3. The monoisotopic (exact) mass is 741 g/mol. The van der Waals surface area contributed by atoms with Gasteiger partial charge in [0.15, 0.2) is 0 Å². The number of nitrogens with zero attached hydrogens (tertiary/aromatic N) is 1. The second kappa shape index (κ2) is 18.3. The van der Waals surface area contributed by atoms with Crippen LogP contribution in [0, 0.1) is 6.92 Å². The number of hydrogen-bond donors (Lipinski definition) is 4. The fourth-order valence-corrected chi connectivity index (χ4v) is 7.04. The summed E-state index contributed by atoms with van der Waals surface area (Å²) in [6.07, 6.45) is 2.36. The summed E-state index contributed by atoms with van der Waals surface area (Å²) < 4.78 is 13.3. The number of pyridine rings is 1. The van der Waals surface area contributed by atoms with E-state index in [0.717, 1.165) is 38.8 Å². The number of allylic oxidation sites excluding steroid dienone is 1. The number of fused-ring (bicyclic) bond motifs is 4. The Bertz CT molecular complexity index is 2170. The lowest BCUT2D eigenvalue weighted by molar-refractivity contribution is -0.129. The molecule has 284 valence electrons. The van der Waals surface area contributed by atoms with Crippen LogP contribution in [0.1, 0.15) is 47.4 Å². The molecule has 3 amide bonds. The molecule has 0 fully saturated rings. The van der Waals surface area contributed by atoms with Gasteiger partial charge in [0.05, 0.1) is 18.7 Å². The fraction of sp³-hybridized carbons (Fsp3) is 0.273. The minimum absolute atomic E-state index is 0.0646. The number of hydrogen-bond acceptors (Lipinski definition) is 7. The van der Waals surface area contributed by atoms with Gasteiger partial charge in [-0.25, -0.2) is 4.79 Å². The van der Waals surface area contributed by atoms with Gasteiger partial charge in [0.1, 0.15) is 18.7 Å². The highest BCUT2D eigenvalue weighted by molar-refractivity contribution is 5.99. The van der Waals surface area contributed by atoms with Crippen LogP contribution in [0.25, 0.3) is 22.0 Å². The number of unbranched alkanes of at least 4 members (excludes halogenated alkanes) is 1. The van der Waals surface area contributed by atoms with E-state index in [4.69, 9.17) is 15.2 Å². The molecule has 1 heterocycles. The largest absolute Gasteiger partial charge is 0.449 e. The molecule has 11 heteroatoms. The summed E-state index contributed by atoms with van der Waals surface area (Å²) in [7, 11) is 0. The molecule has 0 saturated carbocycles. The normalized spacial score (nSPS) is 13.0. The van der Waals surface area contributed by atoms with Crippen molar-refractivity contribution in [3.05, 3.63) is 148 Å². The summed E-state index contributed by atoms with van der Waals surface area (Å²) in [5, 5.41) is 9.33. The number of aromatic nitrogens is 1. The first-order valence-corrected chi connectivity index (χ1v) is 18.6. The zero-order valence-electron chi connectivity index (χ0n) is 31.0. The van der Waals surface area contributed by atoms with Crippen molar-refractivity contribution in [3.63, 3.8) is 0 Å². The van der Waals surface area contributed by atoms with Gasteiger partial charge >= 0.3 is 6.09 Å². The molecule has 1 aliphatic carbocycles. The molecule has 0 unspecified atom stereocenters. The molecule has 0 radical (unpaired) electrons. The van der Waals surface area contributed by atoms with Gasteiger partial charge in [-0.15, -0.1) is 6.58 Å². The molecule has 5 aromatic rings. The zero-order valence-corrected chi connectivity index (χ0v) is 31.0. The van der Waals surface area contributed by atoms with E-state index in [0.29, 0.717) is 43.6 Å². The second-order valence-electron chi connectivity index (χ2n) is 13.7. The highest BCUT2D eigenvalue weighted by Crippen LogP contribution is 2.44. The zero-order chi connectivity index (χ0) is 38.7. The Kier molecular flexibility index (Phi) is 12.9. The van der Waals surface area contributed by atoms with Crippen molar-refractivity contribution < 1.29 is 23.9 Å². The number of alkyl carbamates (subject to hydrolysis) is 1. The maximum atomic E-state index is 14.0. The van der Waals surface area contributed by atoms with Crippen molar-refractivity contribution in [2.24, 2.45) is 5.73 Å². The van der Waals surface area contributed by atoms with Crippen LogP contribution >= 0.6 is 0 Å². The maximum Gasteiger partial charge on any atom is 0.407 e. The Hall–Kier alpha value is -6.04. The first-order chi connectivity index (χ1) is 26.8. The van der Waals surface area contributed by atoms with Crippen molar-refractivity contribution in [2.75, 3.05) is 25.1 Å². The Morgan fingerprint density at radius 3 is 2.24 bits per heavy atom. The molecule has 4 aromatic carbocycles. The van der Waals surface area contributed by atoms with E-state index in [1.807, 2.05) is 79.7 Å². The number of carbonyl (C=O) groups excluding carboxylic acids is 3. The molecule has 2 atom stereocenters. The van der Waals surface area contributed by atoms with E-state index in [2.05, 4.69) is 34.7 Å². The van der Waals surface area contributed by atoms with E-state index >= 15 is 0 Å². The van der Waals surface area contributed by atoms with Gasteiger partial charge in [0.2, 0.25) is 11.8 Å². The molecule has 0 aliphatic heterocycles. The molecule has 1 aliphatic rings. The molecular formula is C44H47N5O6. The smallest absolute Gasteiger partial charge is 0.407 e. The van der Waals surface area contributed by atoms with Crippen LogP contribution in [0.5, 0.6) is 0 Å². The van der Waals surface area contributed by atoms with Gasteiger partial charge in [-0.1, -0.05) is 91.0 Å². The lowest BCUT2D eigenvalue weighted by Gasteiger charge is -2.24. The molecule has 6 rings (SSSR count). The van der Waals surface area contributed by atoms with Gasteiger partial charge in [-0.3, -0.25) is 14.4 Å². The topological polar surface area (TPSA) is 154 Å². The number of carbonyl (C=O) groups is 3. The highest BCUT2D eigenvalue weighted by atomic mass is 16.5. The summed E-state index contributed by atoms with van der Waals surface area (Å²) >= 11 is 0. The molecule has 11 nitrogen and oxygen atoms in total. The van der Waals surface area contributed by atoms with E-state index < -0.39 is 30.0 Å². The first-order valence-electron chi connectivity index (χ1n) is 18.6. The van der Waals surface area contributed by atoms with Crippen molar-refractivity contribution >= 4 is 34.5 Å². The minimum Gasteiger partial charge on any atom is -0.449 e. The van der Waals surface area contributed by atoms with Crippen molar-refractivity contribution in [1.29, 1.82) is 0 Å². The number of anilines is 1. The Morgan fingerprint density at radius 2 is 1.55 bits per heavy atom. The van der Waals surface area contributed by atoms with Gasteiger partial charge < -0.3 is 35.7 Å². The number of ether oxygens (including phenoxy) is 2. The molecule has 0 bridgehead atoms. The number of rotatable bonds is 17. The first kappa shape index (κ1) is 38.7. The Balaban J connectivity index is 1.17. The van der Waals surface area contributed by atoms with Gasteiger partial charge in [-0.2, -0.15) is 0 Å². The predicted octanol–water partition coefficient (Wildman–Crippen LogP) is 6.17. The number of aryl methyl sites for hydroxylation is 1. The van der Waals surface area contributed by atoms with Crippen molar-refractivity contribution in [3.8, 4) is 11.1 Å². The standard InChI is InChI=1S/C44H47N5O6/c1-3-23-49-40-25-31(20-21-32(40)29(2)24-41(49)50)46-42(51)38(19-11-12-22-45)47-43(52)39(28-54-26-30-13-5-4-6-14-30)48-44(53)55-27-37-35-17-9-7-15-33(35)34-16-8-10-18-36(34)37/h3-10,13-18,20-21,24-25,37-39H,1,11-12,19,22-23,26-28,45H2,2H3,(H,46,51)(H,47,52)(H,48,53)/t38-,39-/m0/s1. The molecule has 0 saturated heterocycles. The lowest BCUT2D eigenvalue weighted by atomic mass is 9.98. The van der Waals surface area contributed by atoms with E-state index in [1.165, 1.54) is 0 Å². The van der Waals surface area contributed by atoms with Crippen LogP contribution in [0.3, 0.4) is 0 Å². The summed E-state index contributed by atoms with van der Waals surface area (Å²) in [5.41, 5.74) is 12.7. The summed E-state index contributed by atoms with van der Waals surface area (Å²) in [5.74, 6) is -1.23. The third kappa shape index (κ3) is 9.37. The lowest BCUT2D eigenvalue weighted by Crippen LogP contribution is -2.54. The third-order valence-corrected chi connectivity index (χ3v) is 9.83. The number of amides is 3. The summed E-state index contributed by atoms with van der Waals surface area (Å²) in [6.45, 7) is 6.45. The molecule has 1 aromatic heterocycles. The fourth-order valence-electron chi connectivity index (χ4n) is 7.04. The van der Waals surface area contributed by atoms with Crippen LogP contribution in [-0.4, -0.2) is 54.3 Å².